The molecule has 4 aliphatic rings. The van der Waals surface area contributed by atoms with E-state index >= 15 is 0 Å². The minimum absolute atomic E-state index is 0.0210. The van der Waals surface area contributed by atoms with Crippen molar-refractivity contribution in [3.05, 3.63) is 212 Å². The van der Waals surface area contributed by atoms with Crippen molar-refractivity contribution >= 4 is 85.4 Å². The van der Waals surface area contributed by atoms with Crippen molar-refractivity contribution in [2.45, 2.75) is 182 Å². The van der Waals surface area contributed by atoms with Gasteiger partial charge in [0, 0.05) is 68.7 Å². The summed E-state index contributed by atoms with van der Waals surface area (Å²) in [6.45, 7) is 19.1. The monoisotopic (exact) mass is 1870 g/mol. The van der Waals surface area contributed by atoms with Gasteiger partial charge in [0.25, 0.3) is 0 Å². The molecule has 0 saturated heterocycles. The maximum Gasteiger partial charge on any atom is 0.212 e. The van der Waals surface area contributed by atoms with Crippen LogP contribution in [0, 0.1) is 45.3 Å². The Morgan fingerprint density at radius 2 is 0.555 bits per heavy atom. The zero-order valence-electron chi connectivity index (χ0n) is 72.5. The minimum atomic E-state index is -3.30. The first-order chi connectivity index (χ1) is 61.1. The van der Waals surface area contributed by atoms with Gasteiger partial charge in [0.15, 0.2) is 0 Å². The molecule has 28 nitrogen and oxygen atoms in total. The lowest BCUT2D eigenvalue weighted by Crippen LogP contribution is -2.29. The number of nitriles is 4. The van der Waals surface area contributed by atoms with Gasteiger partial charge >= 0.3 is 0 Å². The lowest BCUT2D eigenvalue weighted by Gasteiger charge is -2.14. The number of hydrogen-bond donors (Lipinski definition) is 4. The van der Waals surface area contributed by atoms with Crippen LogP contribution in [-0.2, 0) is 65.8 Å². The van der Waals surface area contributed by atoms with Crippen molar-refractivity contribution < 1.29 is 52.6 Å². The van der Waals surface area contributed by atoms with Crippen LogP contribution in [0.15, 0.2) is 146 Å². The molecule has 4 N–H and O–H groups in total. The molecule has 0 unspecified atom stereocenters. The van der Waals surface area contributed by atoms with Gasteiger partial charge in [-0.05, 0) is 237 Å². The fraction of sp³-hybridized carbons (Fsp3) is 0.348. The molecule has 4 atom stereocenters. The van der Waals surface area contributed by atoms with Gasteiger partial charge in [0.05, 0.1) is 70.7 Å². The van der Waals surface area contributed by atoms with Crippen LogP contribution in [0.5, 0.6) is 23.0 Å². The van der Waals surface area contributed by atoms with Crippen LogP contribution in [0.3, 0.4) is 0 Å². The van der Waals surface area contributed by atoms with Crippen LogP contribution in [0.2, 0.25) is 0 Å². The van der Waals surface area contributed by atoms with Crippen molar-refractivity contribution in [3.8, 4) is 132 Å². The van der Waals surface area contributed by atoms with Crippen molar-refractivity contribution in [1.29, 1.82) is 21.0 Å². The maximum absolute atomic E-state index is 12.3. The molecule has 0 saturated carbocycles. The summed E-state index contributed by atoms with van der Waals surface area (Å²) in [7, 11) is -13.2. The van der Waals surface area contributed by atoms with Crippen LogP contribution < -0.4 is 37.8 Å². The van der Waals surface area contributed by atoms with Crippen molar-refractivity contribution in [1.82, 2.24) is 59.7 Å². The second-order valence-electron chi connectivity index (χ2n) is 32.1. The third kappa shape index (κ3) is 23.3. The molecule has 0 fully saturated rings. The summed E-state index contributed by atoms with van der Waals surface area (Å²) >= 11 is 5.81. The number of hydrogen-bond acceptors (Lipinski definition) is 28. The number of benzene rings is 8. The number of ether oxygens (including phenoxy) is 4. The topological polar surface area (TPSA) is 420 Å². The van der Waals surface area contributed by atoms with Crippen molar-refractivity contribution in [2.75, 3.05) is 24.0 Å². The van der Waals surface area contributed by atoms with Gasteiger partial charge < -0.3 is 18.9 Å². The Morgan fingerprint density at radius 3 is 0.758 bits per heavy atom. The molecule has 0 aliphatic heterocycles. The van der Waals surface area contributed by atoms with Crippen molar-refractivity contribution in [3.63, 3.8) is 0 Å². The first-order valence-electron chi connectivity index (χ1n) is 41.7. The summed E-state index contributed by atoms with van der Waals surface area (Å²) in [6.07, 6.45) is 9.42. The average molecular weight is 1870 g/mol. The minimum Gasteiger partial charge on any atom is -0.490 e. The third-order valence-corrected chi connectivity index (χ3v) is 29.5. The molecule has 4 aromatic heterocycles. The number of nitrogens with zero attached hydrogens (tertiary/aromatic N) is 12. The lowest BCUT2D eigenvalue weighted by molar-refractivity contribution is 0.241. The van der Waals surface area contributed by atoms with Crippen LogP contribution in [0.1, 0.15) is 199 Å². The molecule has 36 heteroatoms. The summed E-state index contributed by atoms with van der Waals surface area (Å²) in [5.74, 6) is 2.47. The molecule has 128 heavy (non-hydrogen) atoms. The lowest BCUT2D eigenvalue weighted by atomic mass is 10.0. The predicted molar refractivity (Wildman–Crippen MR) is 500 cm³/mol. The SMILES string of the molecule is CC(C)Oc1ccc(-c2nnc(-c3cccc4c3CC[C@@H]4NS(C)(=O)=O)s2)cc1C#N.CC(C)Oc1ccc(-c2nnc(-c3cccc4c3CC[C@H]4NS(C)(=O)=O)s2)cc1C#N.CCCS(=O)(=O)N[C@@H]1CCc2c(-c3nnc(-c4ccc(OC(C)C)c(C#N)c4)s3)cccc21.CCCS(=O)(=O)N[C@H]1CCc2c(-c3nnc(-c4ccc(OC(C)C)c(C#N)c4)s3)cccc21. The van der Waals surface area contributed by atoms with Gasteiger partial charge in [0.2, 0.25) is 40.1 Å². The van der Waals surface area contributed by atoms with E-state index < -0.39 is 40.1 Å². The van der Waals surface area contributed by atoms with E-state index in [-0.39, 0.29) is 60.1 Å². The molecule has 8 aromatic carbocycles. The number of aromatic nitrogens is 8. The van der Waals surface area contributed by atoms with E-state index in [1.165, 1.54) is 57.9 Å². The molecular formula is C92H96N16O12S8. The maximum atomic E-state index is 12.3. The van der Waals surface area contributed by atoms with Crippen LogP contribution in [0.25, 0.3) is 84.6 Å². The molecule has 664 valence electrons. The van der Waals surface area contributed by atoms with Gasteiger partial charge in [-0.15, -0.1) is 40.8 Å². The fourth-order valence-electron chi connectivity index (χ4n) is 15.7. The van der Waals surface area contributed by atoms with E-state index in [4.69, 9.17) is 18.9 Å². The number of nitrogens with one attached hydrogen (secondary N) is 4. The average Bonchev–Trinajstić information content (AvgIpc) is 1.65. The largest absolute Gasteiger partial charge is 0.490 e. The van der Waals surface area contributed by atoms with E-state index in [0.717, 1.165) is 148 Å². The van der Waals surface area contributed by atoms with Crippen LogP contribution in [-0.4, -0.2) is 123 Å². The summed E-state index contributed by atoms with van der Waals surface area (Å²) in [5, 5.41) is 79.0. The summed E-state index contributed by atoms with van der Waals surface area (Å²) in [4.78, 5) is 0. The number of sulfonamides is 4. The van der Waals surface area contributed by atoms with E-state index in [2.05, 4.69) is 84.0 Å². The zero-order valence-corrected chi connectivity index (χ0v) is 79.0. The molecule has 0 spiro atoms. The van der Waals surface area contributed by atoms with Crippen LogP contribution >= 0.6 is 45.3 Å². The van der Waals surface area contributed by atoms with Gasteiger partial charge in [-0.2, -0.15) is 21.0 Å². The fourth-order valence-corrected chi connectivity index (χ4v) is 23.5. The second-order valence-corrected chi connectivity index (χ2v) is 43.3. The Kier molecular flexibility index (Phi) is 30.3. The third-order valence-electron chi connectivity index (χ3n) is 20.8. The Hall–Kier alpha value is -11.2. The van der Waals surface area contributed by atoms with Gasteiger partial charge in [-0.25, -0.2) is 52.6 Å². The first-order valence-corrected chi connectivity index (χ1v) is 52.1. The Labute approximate surface area is 763 Å². The van der Waals surface area contributed by atoms with E-state index in [0.29, 0.717) is 91.0 Å². The normalized spacial score (nSPS) is 15.5. The predicted octanol–water partition coefficient (Wildman–Crippen LogP) is 17.8. The highest BCUT2D eigenvalue weighted by Crippen LogP contribution is 2.47. The highest BCUT2D eigenvalue weighted by atomic mass is 32.2. The molecule has 0 amide bonds. The summed E-state index contributed by atoms with van der Waals surface area (Å²) in [5.41, 5.74) is 17.4. The summed E-state index contributed by atoms with van der Waals surface area (Å²) in [6, 6.07) is 53.3. The highest BCUT2D eigenvalue weighted by molar-refractivity contribution is 7.90. The first kappa shape index (κ1) is 94.4. The molecule has 12 aromatic rings. The van der Waals surface area contributed by atoms with E-state index in [1.54, 1.807) is 48.5 Å². The quantitative estimate of drug-likeness (QED) is 0.0354. The smallest absolute Gasteiger partial charge is 0.212 e. The van der Waals surface area contributed by atoms with E-state index in [1.807, 2.05) is 166 Å². The second kappa shape index (κ2) is 41.1. The number of fused-ring (bicyclic) bond motifs is 4. The molecular weight excluding hydrogens is 1780 g/mol. The molecule has 4 aliphatic carbocycles. The van der Waals surface area contributed by atoms with Gasteiger partial charge in [-0.3, -0.25) is 0 Å². The van der Waals surface area contributed by atoms with Gasteiger partial charge in [-0.1, -0.05) is 132 Å². The van der Waals surface area contributed by atoms with Gasteiger partial charge in [0.1, 0.15) is 87.3 Å². The molecule has 0 bridgehead atoms. The highest BCUT2D eigenvalue weighted by Gasteiger charge is 2.34. The van der Waals surface area contributed by atoms with E-state index in [9.17, 15) is 54.7 Å². The van der Waals surface area contributed by atoms with Crippen LogP contribution in [0.4, 0.5) is 0 Å². The number of rotatable bonds is 28. The Bertz CT molecular complexity index is 6380. The van der Waals surface area contributed by atoms with Crippen molar-refractivity contribution in [2.24, 2.45) is 0 Å². The standard InChI is InChI=1S/2C24H26N4O3S2.2C22H22N4O3S2/c2*1-4-12-33(29,30)28-21-10-9-18-19(21)6-5-7-20(18)24-27-26-23(32-24)16-8-11-22(31-15(2)3)17(13-16)14-25;2*1-13(2)29-20-10-7-14(11-15(20)12-23)21-24-25-22(30-21)18-6-4-5-17-16(18)8-9-19(17)26-31(3,27)28/h2*5-8,11,13,15,21,28H,4,9-10,12H2,1-3H3;2*4-7,10-11,13,19,26H,8-9H2,1-3H3/t2*21-;2*19-/m1010/s1. The Morgan fingerprint density at radius 1 is 0.336 bits per heavy atom. The Balaban J connectivity index is 0.000000146. The molecule has 4 heterocycles. The zero-order chi connectivity index (χ0) is 91.5. The molecule has 16 rings (SSSR count). The summed E-state index contributed by atoms with van der Waals surface area (Å²) < 4.78 is 130. The molecule has 0 radical (unpaired) electrons.